The summed E-state index contributed by atoms with van der Waals surface area (Å²) in [6.45, 7) is 1.18. The second-order valence-electron chi connectivity index (χ2n) is 8.99. The van der Waals surface area contributed by atoms with Gasteiger partial charge >= 0.3 is 12.4 Å². The smallest absolute Gasteiger partial charge is 0.384 e. The third-order valence-corrected chi connectivity index (χ3v) is 7.32. The van der Waals surface area contributed by atoms with Crippen molar-refractivity contribution in [1.82, 2.24) is 20.2 Å². The van der Waals surface area contributed by atoms with E-state index in [2.05, 4.69) is 36.7 Å². The number of alkyl halides is 6. The number of ether oxygens (including phenoxy) is 1. The summed E-state index contributed by atoms with van der Waals surface area (Å²) in [7, 11) is 1.53. The lowest BCUT2D eigenvalue weighted by Gasteiger charge is -2.32. The molecule has 1 aromatic heterocycles. The SMILES string of the molecule is Cn1nnc(N(Cc2cc(C(F)(F)F)cc(C(F)(F)F)c2)C2CCCNc3c2cc2c(c3Br)COC2)n1. The molecule has 7 nitrogen and oxygen atoms in total. The highest BCUT2D eigenvalue weighted by molar-refractivity contribution is 9.10. The minimum absolute atomic E-state index is 0.0965. The Morgan fingerprint density at radius 3 is 2.41 bits per heavy atom. The van der Waals surface area contributed by atoms with Crippen molar-refractivity contribution < 1.29 is 31.1 Å². The summed E-state index contributed by atoms with van der Waals surface area (Å²) in [5.74, 6) is 0.0965. The molecule has 2 aliphatic rings. The van der Waals surface area contributed by atoms with Gasteiger partial charge in [-0.15, -0.1) is 5.10 Å². The zero-order valence-electron chi connectivity index (χ0n) is 19.4. The van der Waals surface area contributed by atoms with E-state index in [-0.39, 0.29) is 24.1 Å². The van der Waals surface area contributed by atoms with Gasteiger partial charge in [0.15, 0.2) is 0 Å². The van der Waals surface area contributed by atoms with Crippen molar-refractivity contribution in [3.8, 4) is 0 Å². The van der Waals surface area contributed by atoms with Crippen LogP contribution in [-0.2, 0) is 43.9 Å². The molecule has 0 spiro atoms. The summed E-state index contributed by atoms with van der Waals surface area (Å²) in [5.41, 5.74) is 0.685. The van der Waals surface area contributed by atoms with Gasteiger partial charge in [-0.1, -0.05) is 5.10 Å². The molecule has 2 aromatic carbocycles. The highest BCUT2D eigenvalue weighted by Crippen LogP contribution is 2.45. The van der Waals surface area contributed by atoms with Crippen LogP contribution in [0.2, 0.25) is 0 Å². The first kappa shape index (κ1) is 25.8. The van der Waals surface area contributed by atoms with E-state index in [0.29, 0.717) is 32.6 Å². The zero-order chi connectivity index (χ0) is 26.5. The van der Waals surface area contributed by atoms with Gasteiger partial charge in [0.25, 0.3) is 5.95 Å². The predicted octanol–water partition coefficient (Wildman–Crippen LogP) is 5.99. The van der Waals surface area contributed by atoms with Crippen molar-refractivity contribution in [2.45, 2.75) is 51.0 Å². The van der Waals surface area contributed by atoms with E-state index in [1.807, 2.05) is 6.07 Å². The molecule has 0 saturated heterocycles. The van der Waals surface area contributed by atoms with E-state index < -0.39 is 29.5 Å². The van der Waals surface area contributed by atoms with Crippen molar-refractivity contribution in [2.24, 2.45) is 7.05 Å². The van der Waals surface area contributed by atoms with Crippen LogP contribution in [0.5, 0.6) is 0 Å². The Kier molecular flexibility index (Phi) is 6.59. The summed E-state index contributed by atoms with van der Waals surface area (Å²) in [6, 6.07) is 3.11. The number of hydrogen-bond acceptors (Lipinski definition) is 6. The first-order valence-corrected chi connectivity index (χ1v) is 12.2. The van der Waals surface area contributed by atoms with Crippen molar-refractivity contribution >= 4 is 27.6 Å². The Balaban J connectivity index is 1.64. The fourth-order valence-corrected chi connectivity index (χ4v) is 5.50. The Bertz CT molecular complexity index is 1290. The van der Waals surface area contributed by atoms with Gasteiger partial charge in [0.05, 0.1) is 43.1 Å². The molecule has 37 heavy (non-hydrogen) atoms. The van der Waals surface area contributed by atoms with Gasteiger partial charge in [-0.2, -0.15) is 31.1 Å². The normalized spacial score (nSPS) is 17.7. The van der Waals surface area contributed by atoms with E-state index in [1.165, 1.54) is 11.8 Å². The molecule has 0 amide bonds. The number of rotatable bonds is 4. The van der Waals surface area contributed by atoms with Crippen LogP contribution in [0.1, 0.15) is 52.3 Å². The predicted molar refractivity (Wildman–Crippen MR) is 125 cm³/mol. The molecule has 198 valence electrons. The number of nitrogens with zero attached hydrogens (tertiary/aromatic N) is 5. The molecule has 0 fully saturated rings. The average molecular weight is 591 g/mol. The molecule has 1 N–H and O–H groups in total. The number of aryl methyl sites for hydroxylation is 1. The lowest BCUT2D eigenvalue weighted by molar-refractivity contribution is -0.143. The van der Waals surface area contributed by atoms with Gasteiger partial charge in [0, 0.05) is 17.6 Å². The molecular weight excluding hydrogens is 570 g/mol. The quantitative estimate of drug-likeness (QED) is 0.376. The van der Waals surface area contributed by atoms with Crippen molar-refractivity contribution in [2.75, 3.05) is 16.8 Å². The van der Waals surface area contributed by atoms with Crippen LogP contribution in [0.25, 0.3) is 0 Å². The van der Waals surface area contributed by atoms with Crippen molar-refractivity contribution in [1.29, 1.82) is 0 Å². The second-order valence-corrected chi connectivity index (χ2v) is 9.78. The molecule has 3 aromatic rings. The first-order valence-electron chi connectivity index (χ1n) is 11.4. The second kappa shape index (κ2) is 9.46. The minimum Gasteiger partial charge on any atom is -0.384 e. The number of halogens is 7. The van der Waals surface area contributed by atoms with Gasteiger partial charge in [-0.05, 0) is 80.5 Å². The molecule has 2 aliphatic heterocycles. The molecule has 0 aliphatic carbocycles. The summed E-state index contributed by atoms with van der Waals surface area (Å²) in [5, 5.41) is 15.5. The summed E-state index contributed by atoms with van der Waals surface area (Å²) in [6.07, 6.45) is -8.65. The van der Waals surface area contributed by atoms with E-state index in [9.17, 15) is 26.3 Å². The van der Waals surface area contributed by atoms with Crippen LogP contribution in [0.4, 0.5) is 38.0 Å². The van der Waals surface area contributed by atoms with Gasteiger partial charge in [0.1, 0.15) is 0 Å². The number of benzene rings is 2. The fraction of sp³-hybridized carbons (Fsp3) is 0.435. The largest absolute Gasteiger partial charge is 0.416 e. The third kappa shape index (κ3) is 5.13. The number of fused-ring (bicyclic) bond motifs is 2. The average Bonchev–Trinajstić information content (AvgIpc) is 3.41. The maximum atomic E-state index is 13.5. The lowest BCUT2D eigenvalue weighted by atomic mass is 9.95. The molecular formula is C23H21BrF6N6O. The van der Waals surface area contributed by atoms with Crippen LogP contribution >= 0.6 is 15.9 Å². The van der Waals surface area contributed by atoms with E-state index >= 15 is 0 Å². The van der Waals surface area contributed by atoms with E-state index in [1.54, 1.807) is 4.90 Å². The van der Waals surface area contributed by atoms with Gasteiger partial charge in [-0.3, -0.25) is 0 Å². The molecule has 14 heteroatoms. The van der Waals surface area contributed by atoms with Gasteiger partial charge < -0.3 is 15.0 Å². The Labute approximate surface area is 215 Å². The molecule has 0 saturated carbocycles. The summed E-state index contributed by atoms with van der Waals surface area (Å²) < 4.78 is 87.6. The van der Waals surface area contributed by atoms with E-state index in [4.69, 9.17) is 4.74 Å². The van der Waals surface area contributed by atoms with Crippen molar-refractivity contribution in [3.05, 3.63) is 62.1 Å². The molecule has 3 heterocycles. The number of hydrogen-bond donors (Lipinski definition) is 1. The Morgan fingerprint density at radius 2 is 1.78 bits per heavy atom. The van der Waals surface area contributed by atoms with E-state index in [0.717, 1.165) is 39.0 Å². The van der Waals surface area contributed by atoms with Crippen LogP contribution < -0.4 is 10.2 Å². The van der Waals surface area contributed by atoms with Gasteiger partial charge in [-0.25, -0.2) is 0 Å². The zero-order valence-corrected chi connectivity index (χ0v) is 21.0. The standard InChI is InChI=1S/C23H21BrF6N6O/c1-35-33-21(32-34-35)36(9-12-5-14(22(25,26)27)8-15(6-12)23(28,29)30)18-3-2-4-31-20-16(18)7-13-10-37-11-17(13)19(20)24/h5-8,18,31H,2-4,9-11H2,1H3. The molecule has 0 bridgehead atoms. The monoisotopic (exact) mass is 590 g/mol. The Hall–Kier alpha value is -2.87. The highest BCUT2D eigenvalue weighted by atomic mass is 79.9. The number of tetrazole rings is 1. The Morgan fingerprint density at radius 1 is 1.08 bits per heavy atom. The van der Waals surface area contributed by atoms with Crippen LogP contribution in [0.15, 0.2) is 28.7 Å². The molecule has 1 unspecified atom stereocenters. The first-order chi connectivity index (χ1) is 17.4. The van der Waals surface area contributed by atoms with Gasteiger partial charge in [0.2, 0.25) is 0 Å². The van der Waals surface area contributed by atoms with Crippen LogP contribution in [0, 0.1) is 0 Å². The van der Waals surface area contributed by atoms with Crippen molar-refractivity contribution in [3.63, 3.8) is 0 Å². The number of aromatic nitrogens is 4. The number of nitrogens with one attached hydrogen (secondary N) is 1. The molecule has 0 radical (unpaired) electrons. The number of anilines is 2. The lowest BCUT2D eigenvalue weighted by Crippen LogP contribution is -2.30. The topological polar surface area (TPSA) is 68.1 Å². The summed E-state index contributed by atoms with van der Waals surface area (Å²) >= 11 is 3.66. The minimum atomic E-state index is -4.95. The third-order valence-electron chi connectivity index (χ3n) is 6.44. The highest BCUT2D eigenvalue weighted by Gasteiger charge is 2.38. The van der Waals surface area contributed by atoms with Crippen LogP contribution in [-0.4, -0.2) is 26.8 Å². The summed E-state index contributed by atoms with van der Waals surface area (Å²) in [4.78, 5) is 2.81. The maximum Gasteiger partial charge on any atom is 0.416 e. The maximum absolute atomic E-state index is 13.5. The molecule has 1 atom stereocenters. The molecule has 5 rings (SSSR count). The van der Waals surface area contributed by atoms with Crippen LogP contribution in [0.3, 0.4) is 0 Å². The fourth-order valence-electron chi connectivity index (χ4n) is 4.76.